The predicted molar refractivity (Wildman–Crippen MR) is 143 cm³/mol. The van der Waals surface area contributed by atoms with Crippen molar-refractivity contribution in [1.29, 1.82) is 0 Å². The van der Waals surface area contributed by atoms with Crippen LogP contribution in [0.2, 0.25) is 0 Å². The smallest absolute Gasteiger partial charge is 0.319 e. The molecule has 0 aromatic heterocycles. The van der Waals surface area contributed by atoms with Crippen LogP contribution >= 0.6 is 0 Å². The highest BCUT2D eigenvalue weighted by molar-refractivity contribution is 6.02. The lowest BCUT2D eigenvalue weighted by Crippen LogP contribution is -2.47. The average Bonchev–Trinajstić information content (AvgIpc) is 3.73. The van der Waals surface area contributed by atoms with E-state index < -0.39 is 0 Å². The van der Waals surface area contributed by atoms with E-state index >= 15 is 0 Å². The Labute approximate surface area is 213 Å². The molecule has 3 aliphatic rings. The van der Waals surface area contributed by atoms with Crippen molar-refractivity contribution in [1.82, 2.24) is 10.6 Å². The summed E-state index contributed by atoms with van der Waals surface area (Å²) in [5, 5.41) is 9.17. The first-order valence-corrected chi connectivity index (χ1v) is 13.3. The number of amides is 3. The second kappa shape index (κ2) is 11.1. The minimum Gasteiger partial charge on any atom is -0.495 e. The Morgan fingerprint density at radius 3 is 2.17 bits per heavy atom. The van der Waals surface area contributed by atoms with Crippen LogP contribution < -0.4 is 30.5 Å². The molecule has 3 fully saturated rings. The van der Waals surface area contributed by atoms with E-state index in [1.54, 1.807) is 7.11 Å². The lowest BCUT2D eigenvalue weighted by molar-refractivity contribution is 0.0951. The van der Waals surface area contributed by atoms with E-state index in [4.69, 9.17) is 4.74 Å². The number of methoxy groups -OCH3 is 1. The van der Waals surface area contributed by atoms with Crippen LogP contribution in [-0.2, 0) is 0 Å². The maximum absolute atomic E-state index is 13.2. The number of ether oxygens (including phenoxy) is 1. The van der Waals surface area contributed by atoms with Crippen LogP contribution in [0.5, 0.6) is 5.75 Å². The summed E-state index contributed by atoms with van der Waals surface area (Å²) < 4.78 is 5.55. The Morgan fingerprint density at radius 2 is 1.47 bits per heavy atom. The van der Waals surface area contributed by atoms with Gasteiger partial charge in [-0.05, 0) is 56.0 Å². The zero-order valence-corrected chi connectivity index (χ0v) is 21.1. The highest BCUT2D eigenvalue weighted by Crippen LogP contribution is 2.31. The normalized spacial score (nSPS) is 18.5. The highest BCUT2D eigenvalue weighted by atomic mass is 16.5. The zero-order valence-electron chi connectivity index (χ0n) is 21.1. The second-order valence-corrected chi connectivity index (χ2v) is 10.1. The van der Waals surface area contributed by atoms with Crippen LogP contribution in [0.4, 0.5) is 21.9 Å². The molecule has 1 aliphatic heterocycles. The van der Waals surface area contributed by atoms with Gasteiger partial charge in [-0.25, -0.2) is 4.79 Å². The summed E-state index contributed by atoms with van der Waals surface area (Å²) in [6.07, 6.45) is 7.68. The van der Waals surface area contributed by atoms with Crippen molar-refractivity contribution in [2.75, 3.05) is 48.4 Å². The molecule has 2 saturated carbocycles. The predicted octanol–water partition coefficient (Wildman–Crippen LogP) is 4.37. The molecular weight excluding hydrogens is 454 g/mol. The van der Waals surface area contributed by atoms with E-state index in [2.05, 4.69) is 31.8 Å². The van der Waals surface area contributed by atoms with Gasteiger partial charge in [0, 0.05) is 49.6 Å². The maximum atomic E-state index is 13.2. The summed E-state index contributed by atoms with van der Waals surface area (Å²) in [4.78, 5) is 30.4. The van der Waals surface area contributed by atoms with Crippen LogP contribution in [0.3, 0.4) is 0 Å². The van der Waals surface area contributed by atoms with Gasteiger partial charge in [-0.1, -0.05) is 31.4 Å². The van der Waals surface area contributed by atoms with Crippen molar-refractivity contribution in [2.24, 2.45) is 0 Å². The molecule has 192 valence electrons. The van der Waals surface area contributed by atoms with Crippen molar-refractivity contribution in [2.45, 2.75) is 57.0 Å². The Bertz CT molecular complexity index is 1070. The fourth-order valence-electron chi connectivity index (χ4n) is 5.24. The van der Waals surface area contributed by atoms with E-state index in [1.807, 2.05) is 36.4 Å². The molecule has 2 aromatic carbocycles. The lowest BCUT2D eigenvalue weighted by atomic mass is 9.96. The summed E-state index contributed by atoms with van der Waals surface area (Å²) in [5.41, 5.74) is 3.25. The molecule has 1 saturated heterocycles. The van der Waals surface area contributed by atoms with Gasteiger partial charge in [-0.3, -0.25) is 4.79 Å². The molecule has 2 aliphatic carbocycles. The second-order valence-electron chi connectivity index (χ2n) is 10.1. The molecule has 3 N–H and O–H groups in total. The first-order valence-electron chi connectivity index (χ1n) is 13.3. The van der Waals surface area contributed by atoms with Crippen molar-refractivity contribution < 1.29 is 14.3 Å². The minimum absolute atomic E-state index is 0.0732. The molecular formula is C28H37N5O3. The Morgan fingerprint density at radius 1 is 0.806 bits per heavy atom. The number of benzene rings is 2. The van der Waals surface area contributed by atoms with E-state index in [0.29, 0.717) is 11.3 Å². The number of rotatable bonds is 7. The van der Waals surface area contributed by atoms with Crippen LogP contribution in [0, 0.1) is 0 Å². The number of hydrogen-bond acceptors (Lipinski definition) is 5. The van der Waals surface area contributed by atoms with Crippen molar-refractivity contribution in [3.05, 3.63) is 48.0 Å². The zero-order chi connectivity index (χ0) is 24.9. The fraction of sp³-hybridized carbons (Fsp3) is 0.500. The summed E-state index contributed by atoms with van der Waals surface area (Å²) in [7, 11) is 1.70. The molecule has 0 bridgehead atoms. The summed E-state index contributed by atoms with van der Waals surface area (Å²) in [5.74, 6) is 0.799. The standard InChI is InChI=1S/C28H37N5O3/c1-36-26-10-6-5-9-25(26)33-17-15-32(16-18-33)24-14-13-22(19-23(24)27(34)29-21-11-12-21)31-28(35)30-20-7-3-2-4-8-20/h5-6,9-10,13-14,19-21H,2-4,7-8,11-12,15-18H2,1H3,(H,29,34)(H2,30,31,35). The van der Waals surface area contributed by atoms with Gasteiger partial charge in [0.05, 0.1) is 18.4 Å². The third-order valence-electron chi connectivity index (χ3n) is 7.40. The number of nitrogens with one attached hydrogen (secondary N) is 3. The van der Waals surface area contributed by atoms with Gasteiger partial charge >= 0.3 is 6.03 Å². The van der Waals surface area contributed by atoms with Gasteiger partial charge in [0.15, 0.2) is 0 Å². The Hall–Kier alpha value is -3.42. The Balaban J connectivity index is 1.29. The first-order chi connectivity index (χ1) is 17.6. The first kappa shape index (κ1) is 24.3. The molecule has 8 nitrogen and oxygen atoms in total. The molecule has 3 amide bonds. The van der Waals surface area contributed by atoms with E-state index in [0.717, 1.165) is 81.8 Å². The Kier molecular flexibility index (Phi) is 7.49. The quantitative estimate of drug-likeness (QED) is 0.536. The van der Waals surface area contributed by atoms with Crippen LogP contribution in [0.1, 0.15) is 55.3 Å². The average molecular weight is 492 g/mol. The molecule has 1 heterocycles. The SMILES string of the molecule is COc1ccccc1N1CCN(c2ccc(NC(=O)NC3CCCCC3)cc2C(=O)NC2CC2)CC1. The third kappa shape index (κ3) is 5.86. The molecule has 36 heavy (non-hydrogen) atoms. The van der Waals surface area contributed by atoms with Crippen molar-refractivity contribution in [3.8, 4) is 5.75 Å². The van der Waals surface area contributed by atoms with Gasteiger partial charge in [0.1, 0.15) is 5.75 Å². The number of carbonyl (C=O) groups is 2. The van der Waals surface area contributed by atoms with E-state index in [1.165, 1.54) is 6.42 Å². The van der Waals surface area contributed by atoms with Gasteiger partial charge < -0.3 is 30.5 Å². The highest BCUT2D eigenvalue weighted by Gasteiger charge is 2.28. The van der Waals surface area contributed by atoms with Gasteiger partial charge in [0.2, 0.25) is 0 Å². The van der Waals surface area contributed by atoms with Gasteiger partial charge in [0.25, 0.3) is 5.91 Å². The number of anilines is 3. The van der Waals surface area contributed by atoms with Crippen molar-refractivity contribution >= 4 is 29.0 Å². The molecule has 0 atom stereocenters. The number of piperazine rings is 1. The monoisotopic (exact) mass is 491 g/mol. The van der Waals surface area contributed by atoms with Gasteiger partial charge in [-0.15, -0.1) is 0 Å². The van der Waals surface area contributed by atoms with E-state index in [-0.39, 0.29) is 24.0 Å². The number of para-hydroxylation sites is 2. The topological polar surface area (TPSA) is 85.9 Å². The molecule has 0 radical (unpaired) electrons. The van der Waals surface area contributed by atoms with Crippen LogP contribution in [0.25, 0.3) is 0 Å². The van der Waals surface area contributed by atoms with Crippen LogP contribution in [0.15, 0.2) is 42.5 Å². The largest absolute Gasteiger partial charge is 0.495 e. The number of carbonyl (C=O) groups excluding carboxylic acids is 2. The molecule has 5 rings (SSSR count). The maximum Gasteiger partial charge on any atom is 0.319 e. The van der Waals surface area contributed by atoms with Crippen LogP contribution in [-0.4, -0.2) is 57.3 Å². The minimum atomic E-state index is -0.200. The summed E-state index contributed by atoms with van der Waals surface area (Å²) >= 11 is 0. The summed E-state index contributed by atoms with van der Waals surface area (Å²) in [6.45, 7) is 3.23. The summed E-state index contributed by atoms with van der Waals surface area (Å²) in [6, 6.07) is 14.1. The van der Waals surface area contributed by atoms with Crippen molar-refractivity contribution in [3.63, 3.8) is 0 Å². The fourth-order valence-corrected chi connectivity index (χ4v) is 5.24. The molecule has 8 heteroatoms. The molecule has 2 aromatic rings. The number of hydrogen-bond donors (Lipinski definition) is 3. The number of nitrogens with zero attached hydrogens (tertiary/aromatic N) is 2. The third-order valence-corrected chi connectivity index (χ3v) is 7.40. The lowest BCUT2D eigenvalue weighted by Gasteiger charge is -2.38. The molecule has 0 spiro atoms. The molecule has 0 unspecified atom stereocenters. The number of urea groups is 1. The van der Waals surface area contributed by atoms with Gasteiger partial charge in [-0.2, -0.15) is 0 Å². The van der Waals surface area contributed by atoms with E-state index in [9.17, 15) is 9.59 Å².